The van der Waals surface area contributed by atoms with Gasteiger partial charge in [0.2, 0.25) is 5.91 Å². The van der Waals surface area contributed by atoms with Crippen molar-refractivity contribution in [3.63, 3.8) is 0 Å². The third kappa shape index (κ3) is 1.47. The third-order valence-corrected chi connectivity index (χ3v) is 3.95. The maximum atomic E-state index is 12.5. The van der Waals surface area contributed by atoms with Gasteiger partial charge >= 0.3 is 6.03 Å². The molecule has 0 radical (unpaired) electrons. The van der Waals surface area contributed by atoms with Gasteiger partial charge in [-0.25, -0.2) is 4.79 Å². The van der Waals surface area contributed by atoms with E-state index in [-0.39, 0.29) is 24.0 Å². The van der Waals surface area contributed by atoms with E-state index < -0.39 is 5.41 Å². The molecular formula is C11H16N2O4. The molecule has 6 heteroatoms. The van der Waals surface area contributed by atoms with Crippen molar-refractivity contribution in [2.45, 2.75) is 25.4 Å². The fourth-order valence-corrected chi connectivity index (χ4v) is 2.73. The van der Waals surface area contributed by atoms with Gasteiger partial charge in [0, 0.05) is 6.61 Å². The maximum Gasteiger partial charge on any atom is 0.324 e. The van der Waals surface area contributed by atoms with E-state index in [1.807, 2.05) is 6.92 Å². The minimum Gasteiger partial charge on any atom is -0.379 e. The summed E-state index contributed by atoms with van der Waals surface area (Å²) in [5.41, 5.74) is -0.615. The highest BCUT2D eigenvalue weighted by atomic mass is 16.5. The number of hydrogen-bond donors (Lipinski definition) is 1. The highest BCUT2D eigenvalue weighted by Crippen LogP contribution is 2.35. The second-order valence-corrected chi connectivity index (χ2v) is 5.13. The van der Waals surface area contributed by atoms with Crippen molar-refractivity contribution in [2.24, 2.45) is 5.41 Å². The first-order valence-electron chi connectivity index (χ1n) is 5.92. The van der Waals surface area contributed by atoms with Gasteiger partial charge in [0.15, 0.2) is 0 Å². The summed E-state index contributed by atoms with van der Waals surface area (Å²) in [6.07, 6.45) is 0.723. The van der Waals surface area contributed by atoms with Crippen molar-refractivity contribution >= 4 is 11.9 Å². The van der Waals surface area contributed by atoms with Crippen LogP contribution in [0.15, 0.2) is 0 Å². The molecular weight excluding hydrogens is 224 g/mol. The average Bonchev–Trinajstić information content (AvgIpc) is 2.90. The molecule has 3 atom stereocenters. The normalized spacial score (nSPS) is 41.6. The van der Waals surface area contributed by atoms with Gasteiger partial charge in [-0.2, -0.15) is 0 Å². The molecule has 6 nitrogen and oxygen atoms in total. The molecule has 3 heterocycles. The number of nitrogens with one attached hydrogen (secondary N) is 1. The summed E-state index contributed by atoms with van der Waals surface area (Å²) in [4.78, 5) is 25.7. The van der Waals surface area contributed by atoms with E-state index in [1.54, 1.807) is 0 Å². The first kappa shape index (κ1) is 11.0. The van der Waals surface area contributed by atoms with E-state index in [1.165, 1.54) is 4.90 Å². The molecule has 0 aromatic heterocycles. The standard InChI is InChI=1S/C11H16N2O4/c1-11-6-17-5-8(11)12-10(15)13(9(11)14)7-2-3-16-4-7/h7-8H,2-6H2,1H3,(H,12,15). The Morgan fingerprint density at radius 1 is 1.35 bits per heavy atom. The lowest BCUT2D eigenvalue weighted by Gasteiger charge is -2.41. The SMILES string of the molecule is CC12COCC1NC(=O)N(C1CCOC1)C2=O. The van der Waals surface area contributed by atoms with Crippen molar-refractivity contribution in [1.29, 1.82) is 0 Å². The van der Waals surface area contributed by atoms with Crippen molar-refractivity contribution in [3.8, 4) is 0 Å². The molecule has 94 valence electrons. The fraction of sp³-hybridized carbons (Fsp3) is 0.818. The zero-order valence-corrected chi connectivity index (χ0v) is 9.77. The van der Waals surface area contributed by atoms with E-state index >= 15 is 0 Å². The molecule has 0 bridgehead atoms. The van der Waals surface area contributed by atoms with Gasteiger partial charge in [-0.15, -0.1) is 0 Å². The Bertz CT molecular complexity index is 366. The number of ether oxygens (including phenoxy) is 2. The lowest BCUT2D eigenvalue weighted by atomic mass is 9.81. The van der Waals surface area contributed by atoms with Crippen molar-refractivity contribution < 1.29 is 19.1 Å². The molecule has 3 aliphatic rings. The average molecular weight is 240 g/mol. The first-order valence-corrected chi connectivity index (χ1v) is 5.92. The number of amides is 3. The molecule has 1 N–H and O–H groups in total. The van der Waals surface area contributed by atoms with Gasteiger partial charge in [0.05, 0.1) is 37.3 Å². The monoisotopic (exact) mass is 240 g/mol. The Morgan fingerprint density at radius 2 is 2.18 bits per heavy atom. The van der Waals surface area contributed by atoms with Crippen LogP contribution in [0.1, 0.15) is 13.3 Å². The van der Waals surface area contributed by atoms with Crippen LogP contribution in [0.5, 0.6) is 0 Å². The molecule has 0 aromatic rings. The zero-order chi connectivity index (χ0) is 12.0. The quantitative estimate of drug-likeness (QED) is 0.685. The van der Waals surface area contributed by atoms with Gasteiger partial charge in [0.25, 0.3) is 0 Å². The van der Waals surface area contributed by atoms with Gasteiger partial charge < -0.3 is 14.8 Å². The Hall–Kier alpha value is -1.14. The number of nitrogens with zero attached hydrogens (tertiary/aromatic N) is 1. The van der Waals surface area contributed by atoms with Crippen LogP contribution in [-0.2, 0) is 14.3 Å². The number of carbonyl (C=O) groups is 2. The number of imide groups is 1. The van der Waals surface area contributed by atoms with Crippen LogP contribution in [0.4, 0.5) is 4.79 Å². The Labute approximate surface area is 99.2 Å². The fourth-order valence-electron chi connectivity index (χ4n) is 2.73. The lowest BCUT2D eigenvalue weighted by Crippen LogP contribution is -2.66. The number of carbonyl (C=O) groups excluding carboxylic acids is 2. The predicted molar refractivity (Wildman–Crippen MR) is 57.3 cm³/mol. The van der Waals surface area contributed by atoms with E-state index in [9.17, 15) is 9.59 Å². The van der Waals surface area contributed by atoms with Crippen LogP contribution in [0.2, 0.25) is 0 Å². The molecule has 3 rings (SSSR count). The third-order valence-electron chi connectivity index (χ3n) is 3.95. The van der Waals surface area contributed by atoms with Crippen molar-refractivity contribution in [2.75, 3.05) is 26.4 Å². The van der Waals surface area contributed by atoms with Crippen LogP contribution >= 0.6 is 0 Å². The number of rotatable bonds is 1. The second-order valence-electron chi connectivity index (χ2n) is 5.13. The van der Waals surface area contributed by atoms with E-state index in [2.05, 4.69) is 5.32 Å². The first-order chi connectivity index (χ1) is 8.13. The summed E-state index contributed by atoms with van der Waals surface area (Å²) in [6.45, 7) is 3.71. The van der Waals surface area contributed by atoms with Crippen LogP contribution < -0.4 is 5.32 Å². The summed E-state index contributed by atoms with van der Waals surface area (Å²) in [5, 5.41) is 2.86. The molecule has 17 heavy (non-hydrogen) atoms. The van der Waals surface area contributed by atoms with Gasteiger partial charge in [-0.3, -0.25) is 9.69 Å². The molecule has 3 unspecified atom stereocenters. The molecule has 0 spiro atoms. The number of hydrogen-bond acceptors (Lipinski definition) is 4. The van der Waals surface area contributed by atoms with Gasteiger partial charge in [0.1, 0.15) is 0 Å². The van der Waals surface area contributed by atoms with E-state index in [4.69, 9.17) is 9.47 Å². The Balaban J connectivity index is 1.88. The minimum absolute atomic E-state index is 0.124. The summed E-state index contributed by atoms with van der Waals surface area (Å²) in [7, 11) is 0. The zero-order valence-electron chi connectivity index (χ0n) is 9.77. The largest absolute Gasteiger partial charge is 0.379 e. The maximum absolute atomic E-state index is 12.5. The van der Waals surface area contributed by atoms with Crippen LogP contribution in [0.25, 0.3) is 0 Å². The van der Waals surface area contributed by atoms with Crippen LogP contribution in [-0.4, -0.2) is 55.3 Å². The number of urea groups is 1. The summed E-state index contributed by atoms with van der Waals surface area (Å²) in [5.74, 6) is -0.126. The summed E-state index contributed by atoms with van der Waals surface area (Å²) in [6, 6.07) is -0.625. The molecule has 0 aliphatic carbocycles. The van der Waals surface area contributed by atoms with E-state index in [0.717, 1.165) is 6.42 Å². The highest BCUT2D eigenvalue weighted by Gasteiger charge is 2.55. The minimum atomic E-state index is -0.615. The Morgan fingerprint density at radius 3 is 2.88 bits per heavy atom. The predicted octanol–water partition coefficient (Wildman–Crippen LogP) is -0.268. The van der Waals surface area contributed by atoms with Gasteiger partial charge in [-0.05, 0) is 13.3 Å². The molecule has 0 saturated carbocycles. The molecule has 3 amide bonds. The number of fused-ring (bicyclic) bond motifs is 1. The topological polar surface area (TPSA) is 67.9 Å². The summed E-state index contributed by atoms with van der Waals surface area (Å²) >= 11 is 0. The molecule has 3 fully saturated rings. The second kappa shape index (κ2) is 3.68. The summed E-state index contributed by atoms with van der Waals surface area (Å²) < 4.78 is 10.6. The molecule has 3 saturated heterocycles. The smallest absolute Gasteiger partial charge is 0.324 e. The molecule has 3 aliphatic heterocycles. The van der Waals surface area contributed by atoms with E-state index in [0.29, 0.717) is 26.4 Å². The van der Waals surface area contributed by atoms with Crippen molar-refractivity contribution in [1.82, 2.24) is 10.2 Å². The van der Waals surface area contributed by atoms with Gasteiger partial charge in [-0.1, -0.05) is 0 Å². The molecule has 0 aromatic carbocycles. The highest BCUT2D eigenvalue weighted by molar-refractivity contribution is 6.01. The van der Waals surface area contributed by atoms with Crippen molar-refractivity contribution in [3.05, 3.63) is 0 Å². The Kier molecular flexibility index (Phi) is 2.38. The van der Waals surface area contributed by atoms with Crippen LogP contribution in [0, 0.1) is 5.41 Å². The lowest BCUT2D eigenvalue weighted by molar-refractivity contribution is -0.143. The van der Waals surface area contributed by atoms with Crippen LogP contribution in [0.3, 0.4) is 0 Å².